The molecule has 2 aromatic rings. The summed E-state index contributed by atoms with van der Waals surface area (Å²) in [7, 11) is 0. The highest BCUT2D eigenvalue weighted by molar-refractivity contribution is 5.98. The lowest BCUT2D eigenvalue weighted by atomic mass is 10.0. The lowest BCUT2D eigenvalue weighted by Crippen LogP contribution is -2.36. The highest BCUT2D eigenvalue weighted by atomic mass is 16.6. The van der Waals surface area contributed by atoms with Gasteiger partial charge in [0.05, 0.1) is 12.6 Å². The molecule has 0 saturated carbocycles. The first-order valence-electron chi connectivity index (χ1n) is 10.2. The van der Waals surface area contributed by atoms with Gasteiger partial charge in [-0.2, -0.15) is 0 Å². The second-order valence-corrected chi connectivity index (χ2v) is 8.35. The molecule has 0 aliphatic rings. The van der Waals surface area contributed by atoms with Gasteiger partial charge < -0.3 is 20.1 Å². The Hall–Kier alpha value is -3.35. The van der Waals surface area contributed by atoms with Gasteiger partial charge in [-0.1, -0.05) is 54.6 Å². The van der Waals surface area contributed by atoms with E-state index in [2.05, 4.69) is 5.32 Å². The molecule has 0 aliphatic carbocycles. The summed E-state index contributed by atoms with van der Waals surface area (Å²) < 4.78 is 5.25. The molecule has 2 amide bonds. The monoisotopic (exact) mass is 426 g/mol. The summed E-state index contributed by atoms with van der Waals surface area (Å²) in [6, 6.07) is 16.0. The number of ketones is 1. The van der Waals surface area contributed by atoms with E-state index in [0.29, 0.717) is 12.0 Å². The maximum absolute atomic E-state index is 12.6. The van der Waals surface area contributed by atoms with Crippen molar-refractivity contribution >= 4 is 18.0 Å². The Morgan fingerprint density at radius 3 is 2.19 bits per heavy atom. The van der Waals surface area contributed by atoms with Crippen molar-refractivity contribution in [2.45, 2.75) is 45.8 Å². The van der Waals surface area contributed by atoms with Crippen molar-refractivity contribution in [1.29, 1.82) is 0 Å². The van der Waals surface area contributed by atoms with Crippen molar-refractivity contribution in [2.24, 2.45) is 0 Å². The third-order valence-electron chi connectivity index (χ3n) is 4.58. The molecule has 2 N–H and O–H groups in total. The molecule has 0 radical (unpaired) electrons. The molecular weight excluding hydrogens is 396 g/mol. The maximum Gasteiger partial charge on any atom is 0.408 e. The number of hydrogen-bond acceptors (Lipinski definition) is 4. The standard InChI is InChI=1S/C24H30N2O5/c1-17(25-22(28)31-24(2,3)4)19-10-12-20(13-11-19)21(27)16-26(23(29)30)15-14-18-8-6-5-7-9-18/h5-13,17H,14-16H2,1-4H3,(H,25,28)(H,29,30)/t17-/m0/s1. The van der Waals surface area contributed by atoms with Gasteiger partial charge in [-0.05, 0) is 45.2 Å². The van der Waals surface area contributed by atoms with Crippen LogP contribution in [0.3, 0.4) is 0 Å². The summed E-state index contributed by atoms with van der Waals surface area (Å²) in [6.45, 7) is 7.21. The number of benzene rings is 2. The molecule has 31 heavy (non-hydrogen) atoms. The predicted octanol–water partition coefficient (Wildman–Crippen LogP) is 4.68. The molecule has 7 heteroatoms. The molecule has 0 aromatic heterocycles. The maximum atomic E-state index is 12.6. The quantitative estimate of drug-likeness (QED) is 0.598. The average Bonchev–Trinajstić information content (AvgIpc) is 2.70. The normalized spacial score (nSPS) is 12.0. The van der Waals surface area contributed by atoms with Gasteiger partial charge in [-0.15, -0.1) is 0 Å². The molecular formula is C24H30N2O5. The smallest absolute Gasteiger partial charge is 0.408 e. The number of nitrogens with zero attached hydrogens (tertiary/aromatic N) is 1. The van der Waals surface area contributed by atoms with Gasteiger partial charge in [-0.25, -0.2) is 9.59 Å². The van der Waals surface area contributed by atoms with Crippen LogP contribution in [-0.4, -0.2) is 46.7 Å². The minimum atomic E-state index is -1.13. The lowest BCUT2D eigenvalue weighted by molar-refractivity contribution is 0.0507. The first-order chi connectivity index (χ1) is 14.5. The van der Waals surface area contributed by atoms with Crippen LogP contribution >= 0.6 is 0 Å². The van der Waals surface area contributed by atoms with Crippen molar-refractivity contribution in [2.75, 3.05) is 13.1 Å². The van der Waals surface area contributed by atoms with Crippen LogP contribution in [0.25, 0.3) is 0 Å². The Bertz CT molecular complexity index is 888. The third kappa shape index (κ3) is 8.12. The van der Waals surface area contributed by atoms with E-state index in [9.17, 15) is 19.5 Å². The van der Waals surface area contributed by atoms with Gasteiger partial charge in [0, 0.05) is 12.1 Å². The minimum Gasteiger partial charge on any atom is -0.465 e. The van der Waals surface area contributed by atoms with E-state index in [1.54, 1.807) is 45.0 Å². The summed E-state index contributed by atoms with van der Waals surface area (Å²) in [6.07, 6.45) is -1.11. The minimum absolute atomic E-state index is 0.215. The van der Waals surface area contributed by atoms with E-state index >= 15 is 0 Å². The van der Waals surface area contributed by atoms with Crippen LogP contribution in [0.2, 0.25) is 0 Å². The number of alkyl carbamates (subject to hydrolysis) is 1. The van der Waals surface area contributed by atoms with Crippen LogP contribution in [0.5, 0.6) is 0 Å². The highest BCUT2D eigenvalue weighted by Gasteiger charge is 2.20. The van der Waals surface area contributed by atoms with Crippen LogP contribution in [-0.2, 0) is 11.2 Å². The molecule has 0 bridgehead atoms. The molecule has 0 aliphatic heterocycles. The number of carboxylic acid groups (broad SMARTS) is 1. The van der Waals surface area contributed by atoms with Crippen molar-refractivity contribution in [3.05, 3.63) is 71.3 Å². The number of carbonyl (C=O) groups is 3. The van der Waals surface area contributed by atoms with Gasteiger partial charge in [0.25, 0.3) is 0 Å². The van der Waals surface area contributed by atoms with Crippen LogP contribution in [0.1, 0.15) is 55.2 Å². The van der Waals surface area contributed by atoms with Crippen molar-refractivity contribution in [3.8, 4) is 0 Å². The van der Waals surface area contributed by atoms with Crippen LogP contribution < -0.4 is 5.32 Å². The summed E-state index contributed by atoms with van der Waals surface area (Å²) in [5.41, 5.74) is 1.65. The van der Waals surface area contributed by atoms with E-state index in [-0.39, 0.29) is 24.9 Å². The fourth-order valence-electron chi connectivity index (χ4n) is 2.94. The first-order valence-corrected chi connectivity index (χ1v) is 10.2. The molecule has 0 heterocycles. The summed E-state index contributed by atoms with van der Waals surface area (Å²) in [5, 5.41) is 12.2. The van der Waals surface area contributed by atoms with E-state index in [1.165, 1.54) is 0 Å². The second kappa shape index (κ2) is 10.6. The van der Waals surface area contributed by atoms with Crippen LogP contribution in [0.15, 0.2) is 54.6 Å². The molecule has 166 valence electrons. The number of ether oxygens (including phenoxy) is 1. The third-order valence-corrected chi connectivity index (χ3v) is 4.58. The molecule has 0 saturated heterocycles. The average molecular weight is 427 g/mol. The SMILES string of the molecule is C[C@H](NC(=O)OC(C)(C)C)c1ccc(C(=O)CN(CCc2ccccc2)C(=O)O)cc1. The zero-order chi connectivity index (χ0) is 23.0. The van der Waals surface area contributed by atoms with Gasteiger partial charge >= 0.3 is 12.2 Å². The van der Waals surface area contributed by atoms with Crippen molar-refractivity contribution in [1.82, 2.24) is 10.2 Å². The van der Waals surface area contributed by atoms with Crippen molar-refractivity contribution < 1.29 is 24.2 Å². The van der Waals surface area contributed by atoms with Gasteiger partial charge in [0.1, 0.15) is 5.60 Å². The largest absolute Gasteiger partial charge is 0.465 e. The Kier molecular flexibility index (Phi) is 8.19. The second-order valence-electron chi connectivity index (χ2n) is 8.35. The molecule has 7 nitrogen and oxygen atoms in total. The van der Waals surface area contributed by atoms with Gasteiger partial charge in [-0.3, -0.25) is 4.79 Å². The predicted molar refractivity (Wildman–Crippen MR) is 118 cm³/mol. The van der Waals surface area contributed by atoms with Crippen LogP contribution in [0, 0.1) is 0 Å². The van der Waals surface area contributed by atoms with E-state index in [4.69, 9.17) is 4.74 Å². The Morgan fingerprint density at radius 1 is 1.03 bits per heavy atom. The number of nitrogens with one attached hydrogen (secondary N) is 1. The fraction of sp³-hybridized carbons (Fsp3) is 0.375. The summed E-state index contributed by atoms with van der Waals surface area (Å²) in [4.78, 5) is 37.2. The zero-order valence-electron chi connectivity index (χ0n) is 18.4. The van der Waals surface area contributed by atoms with E-state index in [1.807, 2.05) is 37.3 Å². The Labute approximate surface area is 183 Å². The highest BCUT2D eigenvalue weighted by Crippen LogP contribution is 2.16. The van der Waals surface area contributed by atoms with Crippen molar-refractivity contribution in [3.63, 3.8) is 0 Å². The molecule has 2 rings (SSSR count). The summed E-state index contributed by atoms with van der Waals surface area (Å²) in [5.74, 6) is -0.283. The molecule has 2 aromatic carbocycles. The molecule has 0 fully saturated rings. The first kappa shape index (κ1) is 23.9. The lowest BCUT2D eigenvalue weighted by Gasteiger charge is -2.22. The van der Waals surface area contributed by atoms with E-state index < -0.39 is 17.8 Å². The summed E-state index contributed by atoms with van der Waals surface area (Å²) >= 11 is 0. The van der Waals surface area contributed by atoms with Gasteiger partial charge in [0.15, 0.2) is 5.78 Å². The molecule has 1 atom stereocenters. The molecule has 0 unspecified atom stereocenters. The Balaban J connectivity index is 1.95. The number of rotatable bonds is 8. The van der Waals surface area contributed by atoms with Gasteiger partial charge in [0.2, 0.25) is 0 Å². The number of hydrogen-bond donors (Lipinski definition) is 2. The molecule has 0 spiro atoms. The number of carbonyl (C=O) groups excluding carboxylic acids is 2. The Morgan fingerprint density at radius 2 is 1.65 bits per heavy atom. The number of Topliss-reactive ketones (excluding diaryl/α,β-unsaturated/α-hetero) is 1. The van der Waals surface area contributed by atoms with E-state index in [0.717, 1.165) is 16.0 Å². The topological polar surface area (TPSA) is 95.9 Å². The number of amides is 2. The zero-order valence-corrected chi connectivity index (χ0v) is 18.4. The fourth-order valence-corrected chi connectivity index (χ4v) is 2.94. The van der Waals surface area contributed by atoms with Crippen LogP contribution in [0.4, 0.5) is 9.59 Å².